The van der Waals surface area contributed by atoms with E-state index in [4.69, 9.17) is 0 Å². The van der Waals surface area contributed by atoms with Crippen molar-refractivity contribution in [3.63, 3.8) is 0 Å². The molecule has 0 N–H and O–H groups in total. The molecule has 1 amide bonds. The Morgan fingerprint density at radius 2 is 2.06 bits per heavy atom. The van der Waals surface area contributed by atoms with E-state index < -0.39 is 0 Å². The number of para-hydroxylation sites is 1. The number of aliphatic imine (C=N–C) groups is 1. The molecular weight excluding hydrogens is 220 g/mol. The second-order valence-electron chi connectivity index (χ2n) is 4.10. The molecule has 3 nitrogen and oxygen atoms in total. The Morgan fingerprint density at radius 3 is 2.88 bits per heavy atom. The van der Waals surface area contributed by atoms with Gasteiger partial charge >= 0.3 is 0 Å². The monoisotopic (exact) mass is 232 g/mol. The zero-order valence-corrected chi connectivity index (χ0v) is 9.99. The molecule has 2 heterocycles. The van der Waals surface area contributed by atoms with Crippen molar-refractivity contribution < 1.29 is 4.79 Å². The van der Waals surface area contributed by atoms with Gasteiger partial charge in [0.2, 0.25) is 5.91 Å². The molecule has 3 rings (SSSR count). The third-order valence-corrected chi connectivity index (χ3v) is 4.12. The summed E-state index contributed by atoms with van der Waals surface area (Å²) >= 11 is 1.55. The maximum absolute atomic E-state index is 12.0. The van der Waals surface area contributed by atoms with Crippen LogP contribution in [0.5, 0.6) is 0 Å². The fourth-order valence-corrected chi connectivity index (χ4v) is 3.22. The third kappa shape index (κ3) is 1.23. The molecule has 1 saturated heterocycles. The predicted octanol–water partition coefficient (Wildman–Crippen LogP) is 2.71. The summed E-state index contributed by atoms with van der Waals surface area (Å²) in [5.74, 6) is 0.172. The molecule has 2 aliphatic rings. The van der Waals surface area contributed by atoms with Crippen molar-refractivity contribution in [2.45, 2.75) is 25.1 Å². The average Bonchev–Trinajstić information content (AvgIpc) is 2.55. The number of rotatable bonds is 0. The van der Waals surface area contributed by atoms with Crippen molar-refractivity contribution in [3.05, 3.63) is 29.8 Å². The van der Waals surface area contributed by atoms with E-state index in [1.165, 1.54) is 0 Å². The van der Waals surface area contributed by atoms with Gasteiger partial charge in [-0.15, -0.1) is 0 Å². The molecule has 2 atom stereocenters. The number of thioether (sulfide) groups is 1. The van der Waals surface area contributed by atoms with Gasteiger partial charge in [-0.3, -0.25) is 9.69 Å². The van der Waals surface area contributed by atoms with Crippen LogP contribution in [0.4, 0.5) is 5.69 Å². The summed E-state index contributed by atoms with van der Waals surface area (Å²) in [6.45, 7) is 4.00. The maximum Gasteiger partial charge on any atom is 0.242 e. The second kappa shape index (κ2) is 3.35. The minimum Gasteiger partial charge on any atom is -0.283 e. The van der Waals surface area contributed by atoms with Crippen molar-refractivity contribution in [1.29, 1.82) is 0 Å². The first kappa shape index (κ1) is 9.90. The number of amides is 1. The summed E-state index contributed by atoms with van der Waals surface area (Å²) in [5.41, 5.74) is 2.13. The van der Waals surface area contributed by atoms with Gasteiger partial charge in [0.25, 0.3) is 0 Å². The summed E-state index contributed by atoms with van der Waals surface area (Å²) in [5, 5.41) is 0.846. The minimum absolute atomic E-state index is 0.00416. The highest BCUT2D eigenvalue weighted by Gasteiger charge is 2.41. The number of carbonyl (C=O) groups is 1. The quantitative estimate of drug-likeness (QED) is 0.689. The van der Waals surface area contributed by atoms with Crippen LogP contribution in [-0.4, -0.2) is 21.2 Å². The lowest BCUT2D eigenvalue weighted by Crippen LogP contribution is -2.35. The number of hydrogen-bond acceptors (Lipinski definition) is 3. The highest BCUT2D eigenvalue weighted by Crippen LogP contribution is 2.42. The van der Waals surface area contributed by atoms with E-state index in [1.807, 2.05) is 36.1 Å². The molecule has 1 aromatic carbocycles. The Kier molecular flexibility index (Phi) is 2.07. The fourth-order valence-electron chi connectivity index (χ4n) is 2.18. The van der Waals surface area contributed by atoms with Crippen molar-refractivity contribution in [1.82, 2.24) is 4.90 Å². The van der Waals surface area contributed by atoms with Crippen molar-refractivity contribution in [2.24, 2.45) is 4.99 Å². The van der Waals surface area contributed by atoms with E-state index in [1.54, 1.807) is 11.8 Å². The van der Waals surface area contributed by atoms with Gasteiger partial charge in [0.05, 0.1) is 17.0 Å². The van der Waals surface area contributed by atoms with E-state index in [9.17, 15) is 4.79 Å². The van der Waals surface area contributed by atoms with Gasteiger partial charge < -0.3 is 0 Å². The van der Waals surface area contributed by atoms with Crippen LogP contribution >= 0.6 is 11.8 Å². The van der Waals surface area contributed by atoms with Gasteiger partial charge in [0.1, 0.15) is 0 Å². The Morgan fingerprint density at radius 1 is 1.31 bits per heavy atom. The molecule has 1 aromatic rings. The molecule has 0 saturated carbocycles. The van der Waals surface area contributed by atoms with E-state index in [0.29, 0.717) is 0 Å². The first-order valence-electron chi connectivity index (χ1n) is 5.36. The summed E-state index contributed by atoms with van der Waals surface area (Å²) in [6, 6.07) is 8.13. The van der Waals surface area contributed by atoms with Gasteiger partial charge in [0.15, 0.2) is 5.17 Å². The van der Waals surface area contributed by atoms with Crippen LogP contribution in [0.15, 0.2) is 29.3 Å². The number of benzene rings is 1. The lowest BCUT2D eigenvalue weighted by molar-refractivity contribution is -0.127. The van der Waals surface area contributed by atoms with Crippen LogP contribution in [0, 0.1) is 0 Å². The van der Waals surface area contributed by atoms with Crippen LogP contribution in [0.3, 0.4) is 0 Å². The number of carbonyl (C=O) groups excluding carboxylic acids is 1. The highest BCUT2D eigenvalue weighted by atomic mass is 32.2. The van der Waals surface area contributed by atoms with Crippen LogP contribution in [0.1, 0.15) is 25.5 Å². The molecule has 16 heavy (non-hydrogen) atoms. The Balaban J connectivity index is 2.14. The zero-order valence-electron chi connectivity index (χ0n) is 9.18. The SMILES string of the molecule is C[C@@H]1SC2=Nc3ccccc3[C@@H](C)N2C1=O. The molecular formula is C12H12N2OS. The van der Waals surface area contributed by atoms with Gasteiger partial charge in [-0.25, -0.2) is 4.99 Å². The minimum atomic E-state index is -0.00416. The topological polar surface area (TPSA) is 32.7 Å². The van der Waals surface area contributed by atoms with E-state index in [0.717, 1.165) is 16.4 Å². The van der Waals surface area contributed by atoms with Crippen LogP contribution < -0.4 is 0 Å². The summed E-state index contributed by atoms with van der Waals surface area (Å²) < 4.78 is 0. The number of nitrogens with zero attached hydrogens (tertiary/aromatic N) is 2. The molecule has 0 radical (unpaired) electrons. The van der Waals surface area contributed by atoms with Crippen molar-refractivity contribution >= 4 is 28.5 Å². The van der Waals surface area contributed by atoms with Crippen LogP contribution in [0.2, 0.25) is 0 Å². The fraction of sp³-hybridized carbons (Fsp3) is 0.333. The molecule has 4 heteroatoms. The maximum atomic E-state index is 12.0. The number of fused-ring (bicyclic) bond motifs is 2. The van der Waals surface area contributed by atoms with Crippen LogP contribution in [-0.2, 0) is 4.79 Å². The Hall–Kier alpha value is -1.29. The van der Waals surface area contributed by atoms with Gasteiger partial charge in [0, 0.05) is 5.56 Å². The van der Waals surface area contributed by atoms with Crippen molar-refractivity contribution in [2.75, 3.05) is 0 Å². The van der Waals surface area contributed by atoms with E-state index >= 15 is 0 Å². The smallest absolute Gasteiger partial charge is 0.242 e. The third-order valence-electron chi connectivity index (χ3n) is 3.06. The summed E-state index contributed by atoms with van der Waals surface area (Å²) in [6.07, 6.45) is 0. The van der Waals surface area contributed by atoms with E-state index in [-0.39, 0.29) is 17.2 Å². The molecule has 2 aliphatic heterocycles. The zero-order chi connectivity index (χ0) is 11.3. The molecule has 0 bridgehead atoms. The Bertz CT molecular complexity index is 498. The molecule has 82 valence electrons. The molecule has 0 spiro atoms. The summed E-state index contributed by atoms with van der Waals surface area (Å²) in [4.78, 5) is 18.3. The lowest BCUT2D eigenvalue weighted by atomic mass is 10.0. The molecule has 0 aromatic heterocycles. The van der Waals surface area contributed by atoms with Gasteiger partial charge in [-0.2, -0.15) is 0 Å². The first-order chi connectivity index (χ1) is 7.68. The highest BCUT2D eigenvalue weighted by molar-refractivity contribution is 8.15. The van der Waals surface area contributed by atoms with E-state index in [2.05, 4.69) is 11.9 Å². The number of amidine groups is 1. The molecule has 0 unspecified atom stereocenters. The normalized spacial score (nSPS) is 27.5. The number of hydrogen-bond donors (Lipinski definition) is 0. The van der Waals surface area contributed by atoms with Gasteiger partial charge in [-0.05, 0) is 19.9 Å². The second-order valence-corrected chi connectivity index (χ2v) is 5.41. The molecule has 1 fully saturated rings. The lowest BCUT2D eigenvalue weighted by Gasteiger charge is -2.29. The standard InChI is InChI=1S/C12H12N2OS/c1-7-9-5-3-4-6-10(9)13-12-14(7)11(15)8(2)16-12/h3-8H,1-2H3/t7-,8+/m1/s1. The first-order valence-corrected chi connectivity index (χ1v) is 6.24. The largest absolute Gasteiger partial charge is 0.283 e. The summed E-state index contributed by atoms with van der Waals surface area (Å²) in [7, 11) is 0. The molecule has 0 aliphatic carbocycles. The Labute approximate surface area is 98.5 Å². The average molecular weight is 232 g/mol. The van der Waals surface area contributed by atoms with Crippen LogP contribution in [0.25, 0.3) is 0 Å². The predicted molar refractivity (Wildman–Crippen MR) is 65.9 cm³/mol. The van der Waals surface area contributed by atoms with Gasteiger partial charge in [-0.1, -0.05) is 30.0 Å². The van der Waals surface area contributed by atoms with Crippen molar-refractivity contribution in [3.8, 4) is 0 Å².